The number of rotatable bonds is 6. The molecule has 2 rings (SSSR count). The number of nitrogens with one attached hydrogen (secondary N) is 2. The molecule has 1 fully saturated rings. The molecule has 0 spiro atoms. The number of carboxylic acid groups (broad SMARTS) is 1. The van der Waals surface area contributed by atoms with Crippen molar-refractivity contribution in [2.24, 2.45) is 5.41 Å². The molecule has 8 nitrogen and oxygen atoms in total. The molecule has 1 aromatic rings. The van der Waals surface area contributed by atoms with E-state index in [1.165, 1.54) is 0 Å². The molecule has 8 heteroatoms. The van der Waals surface area contributed by atoms with Crippen molar-refractivity contribution < 1.29 is 14.7 Å². The van der Waals surface area contributed by atoms with Crippen molar-refractivity contribution in [3.8, 4) is 0 Å². The number of nitrogens with zero attached hydrogens (tertiary/aromatic N) is 3. The first kappa shape index (κ1) is 13.3. The minimum Gasteiger partial charge on any atom is -0.481 e. The summed E-state index contributed by atoms with van der Waals surface area (Å²) in [6.45, 7) is 1.12. The smallest absolute Gasteiger partial charge is 0.314 e. The fourth-order valence-electron chi connectivity index (χ4n) is 2.02. The first-order valence-electron chi connectivity index (χ1n) is 6.22. The van der Waals surface area contributed by atoms with Crippen LogP contribution in [0.5, 0.6) is 0 Å². The number of aromatic nitrogens is 3. The van der Waals surface area contributed by atoms with E-state index in [2.05, 4.69) is 20.9 Å². The Kier molecular flexibility index (Phi) is 3.98. The highest BCUT2D eigenvalue weighted by molar-refractivity contribution is 5.78. The molecule has 0 bridgehead atoms. The minimum atomic E-state index is -0.832. The van der Waals surface area contributed by atoms with Gasteiger partial charge in [0.1, 0.15) is 0 Å². The van der Waals surface area contributed by atoms with Crippen LogP contribution in [0, 0.1) is 5.41 Å². The van der Waals surface area contributed by atoms with Gasteiger partial charge in [-0.3, -0.25) is 9.48 Å². The van der Waals surface area contributed by atoms with E-state index in [0.29, 0.717) is 25.9 Å². The van der Waals surface area contributed by atoms with Gasteiger partial charge in [0.25, 0.3) is 0 Å². The van der Waals surface area contributed by atoms with Crippen LogP contribution in [0.3, 0.4) is 0 Å². The monoisotopic (exact) mass is 267 g/mol. The van der Waals surface area contributed by atoms with Crippen molar-refractivity contribution in [3.05, 3.63) is 12.4 Å². The fourth-order valence-corrected chi connectivity index (χ4v) is 2.02. The summed E-state index contributed by atoms with van der Waals surface area (Å²) in [7, 11) is 0. The highest BCUT2D eigenvalue weighted by Gasteiger charge is 2.44. The lowest BCUT2D eigenvalue weighted by Gasteiger charge is -2.37. The van der Waals surface area contributed by atoms with Crippen molar-refractivity contribution in [2.45, 2.75) is 25.8 Å². The molecule has 19 heavy (non-hydrogen) atoms. The predicted octanol–water partition coefficient (Wildman–Crippen LogP) is -0.168. The van der Waals surface area contributed by atoms with E-state index in [9.17, 15) is 9.59 Å². The second-order valence-corrected chi connectivity index (χ2v) is 4.71. The van der Waals surface area contributed by atoms with Crippen LogP contribution in [-0.4, -0.2) is 45.2 Å². The molecule has 1 heterocycles. The van der Waals surface area contributed by atoms with Crippen LogP contribution in [0.2, 0.25) is 0 Å². The van der Waals surface area contributed by atoms with Crippen molar-refractivity contribution in [3.63, 3.8) is 0 Å². The number of carbonyl (C=O) groups excluding carboxylic acids is 1. The van der Waals surface area contributed by atoms with Gasteiger partial charge < -0.3 is 15.7 Å². The van der Waals surface area contributed by atoms with E-state index in [1.54, 1.807) is 17.1 Å². The summed E-state index contributed by atoms with van der Waals surface area (Å²) in [5.74, 6) is -0.832. The van der Waals surface area contributed by atoms with Crippen LogP contribution in [-0.2, 0) is 11.3 Å². The van der Waals surface area contributed by atoms with Crippen molar-refractivity contribution in [1.29, 1.82) is 0 Å². The van der Waals surface area contributed by atoms with Gasteiger partial charge in [0, 0.05) is 19.3 Å². The quantitative estimate of drug-likeness (QED) is 0.663. The van der Waals surface area contributed by atoms with Gasteiger partial charge in [-0.1, -0.05) is 11.6 Å². The summed E-state index contributed by atoms with van der Waals surface area (Å²) in [6.07, 6.45) is 5.42. The lowest BCUT2D eigenvalue weighted by molar-refractivity contribution is -0.153. The summed E-state index contributed by atoms with van der Waals surface area (Å²) < 4.78 is 1.60. The molecular weight excluding hydrogens is 250 g/mol. The summed E-state index contributed by atoms with van der Waals surface area (Å²) in [5.41, 5.74) is -0.761. The number of amides is 2. The molecule has 0 unspecified atom stereocenters. The van der Waals surface area contributed by atoms with Crippen molar-refractivity contribution >= 4 is 12.0 Å². The first-order valence-corrected chi connectivity index (χ1v) is 6.22. The molecule has 0 atom stereocenters. The predicted molar refractivity (Wildman–Crippen MR) is 65.3 cm³/mol. The van der Waals surface area contributed by atoms with Gasteiger partial charge in [-0.25, -0.2) is 4.79 Å². The Balaban J connectivity index is 1.66. The molecule has 1 saturated carbocycles. The largest absolute Gasteiger partial charge is 0.481 e. The Morgan fingerprint density at radius 1 is 1.37 bits per heavy atom. The lowest BCUT2D eigenvalue weighted by Crippen LogP contribution is -2.50. The standard InChI is InChI=1S/C11H17N5O3/c17-9(18)11(2-1-3-11)8-13-10(19)12-4-6-16-7-5-14-15-16/h5,7H,1-4,6,8H2,(H,17,18)(H2,12,13,19). The maximum atomic E-state index is 11.5. The van der Waals surface area contributed by atoms with Gasteiger partial charge in [-0.2, -0.15) is 0 Å². The van der Waals surface area contributed by atoms with Crippen LogP contribution < -0.4 is 10.6 Å². The SMILES string of the molecule is O=C(NCCn1ccnn1)NCC1(C(=O)O)CCC1. The van der Waals surface area contributed by atoms with Crippen LogP contribution >= 0.6 is 0 Å². The molecule has 2 amide bonds. The van der Waals surface area contributed by atoms with Crippen LogP contribution in [0.25, 0.3) is 0 Å². The Morgan fingerprint density at radius 3 is 2.68 bits per heavy atom. The Hall–Kier alpha value is -2.12. The molecule has 0 aromatic carbocycles. The summed E-state index contributed by atoms with van der Waals surface area (Å²) in [5, 5.41) is 21.8. The highest BCUT2D eigenvalue weighted by Crippen LogP contribution is 2.40. The van der Waals surface area contributed by atoms with E-state index in [4.69, 9.17) is 5.11 Å². The summed E-state index contributed by atoms with van der Waals surface area (Å²) >= 11 is 0. The zero-order valence-electron chi connectivity index (χ0n) is 10.5. The van der Waals surface area contributed by atoms with Crippen molar-refractivity contribution in [2.75, 3.05) is 13.1 Å². The molecule has 0 aliphatic heterocycles. The number of urea groups is 1. The van der Waals surface area contributed by atoms with Gasteiger partial charge >= 0.3 is 12.0 Å². The van der Waals surface area contributed by atoms with Crippen LogP contribution in [0.1, 0.15) is 19.3 Å². The van der Waals surface area contributed by atoms with Gasteiger partial charge in [0.2, 0.25) is 0 Å². The lowest BCUT2D eigenvalue weighted by atomic mass is 9.69. The molecule has 104 valence electrons. The third kappa shape index (κ3) is 3.21. The number of hydrogen-bond donors (Lipinski definition) is 3. The Bertz CT molecular complexity index is 441. The van der Waals surface area contributed by atoms with Gasteiger partial charge in [-0.05, 0) is 12.8 Å². The zero-order valence-corrected chi connectivity index (χ0v) is 10.5. The molecule has 1 aromatic heterocycles. The second-order valence-electron chi connectivity index (χ2n) is 4.71. The average molecular weight is 267 g/mol. The molecular formula is C11H17N5O3. The number of hydrogen-bond acceptors (Lipinski definition) is 4. The Labute approximate surface area is 110 Å². The minimum absolute atomic E-state index is 0.178. The highest BCUT2D eigenvalue weighted by atomic mass is 16.4. The average Bonchev–Trinajstić information content (AvgIpc) is 2.80. The molecule has 0 radical (unpaired) electrons. The number of carbonyl (C=O) groups is 2. The van der Waals surface area contributed by atoms with Gasteiger partial charge in [0.15, 0.2) is 0 Å². The van der Waals surface area contributed by atoms with E-state index in [1.807, 2.05) is 0 Å². The molecule has 1 aliphatic rings. The summed E-state index contributed by atoms with van der Waals surface area (Å²) in [4.78, 5) is 22.6. The number of aliphatic carboxylic acids is 1. The van der Waals surface area contributed by atoms with E-state index >= 15 is 0 Å². The van der Waals surface area contributed by atoms with Crippen molar-refractivity contribution in [1.82, 2.24) is 25.6 Å². The maximum absolute atomic E-state index is 11.5. The van der Waals surface area contributed by atoms with E-state index in [-0.39, 0.29) is 12.6 Å². The molecule has 1 aliphatic carbocycles. The maximum Gasteiger partial charge on any atom is 0.314 e. The third-order valence-corrected chi connectivity index (χ3v) is 3.45. The first-order chi connectivity index (χ1) is 9.12. The number of carboxylic acids is 1. The van der Waals surface area contributed by atoms with E-state index in [0.717, 1.165) is 6.42 Å². The zero-order chi connectivity index (χ0) is 13.7. The summed E-state index contributed by atoms with van der Waals surface area (Å²) in [6, 6.07) is -0.354. The third-order valence-electron chi connectivity index (χ3n) is 3.45. The van der Waals surface area contributed by atoms with Crippen LogP contribution in [0.15, 0.2) is 12.4 Å². The van der Waals surface area contributed by atoms with E-state index < -0.39 is 11.4 Å². The Morgan fingerprint density at radius 2 is 2.16 bits per heavy atom. The van der Waals surface area contributed by atoms with Gasteiger partial charge in [0.05, 0.1) is 18.2 Å². The van der Waals surface area contributed by atoms with Crippen LogP contribution in [0.4, 0.5) is 4.79 Å². The normalized spacial score (nSPS) is 16.4. The topological polar surface area (TPSA) is 109 Å². The molecule has 0 saturated heterocycles. The fraction of sp³-hybridized carbons (Fsp3) is 0.636. The molecule has 3 N–H and O–H groups in total. The second kappa shape index (κ2) is 5.68. The van der Waals surface area contributed by atoms with Gasteiger partial charge in [-0.15, -0.1) is 5.10 Å².